The van der Waals surface area contributed by atoms with E-state index in [0.717, 1.165) is 40.4 Å². The molecule has 7 heteroatoms. The van der Waals surface area contributed by atoms with Gasteiger partial charge in [0.2, 0.25) is 0 Å². The molecule has 0 saturated carbocycles. The lowest BCUT2D eigenvalue weighted by molar-refractivity contribution is 0.00235. The molecule has 2 atom stereocenters. The summed E-state index contributed by atoms with van der Waals surface area (Å²) in [5.41, 5.74) is 3.86. The van der Waals surface area contributed by atoms with Crippen molar-refractivity contribution < 1.29 is 9.53 Å². The molecule has 1 saturated heterocycles. The van der Waals surface area contributed by atoms with Crippen LogP contribution in [0.4, 0.5) is 10.5 Å². The molecule has 1 aliphatic heterocycles. The van der Waals surface area contributed by atoms with E-state index in [0.29, 0.717) is 6.61 Å². The Balaban J connectivity index is 1.32. The number of carbonyl (C=O) groups excluding carboxylic acids is 1. The zero-order valence-corrected chi connectivity index (χ0v) is 16.4. The number of nitrogens with one attached hydrogen (secondary N) is 2. The van der Waals surface area contributed by atoms with Gasteiger partial charge in [0.15, 0.2) is 0 Å². The Morgan fingerprint density at radius 3 is 2.82 bits per heavy atom. The predicted molar refractivity (Wildman–Crippen MR) is 110 cm³/mol. The summed E-state index contributed by atoms with van der Waals surface area (Å²) in [4.78, 5) is 21.0. The number of pyridine rings is 1. The van der Waals surface area contributed by atoms with Crippen LogP contribution in [0.15, 0.2) is 54.2 Å². The van der Waals surface area contributed by atoms with Crippen molar-refractivity contribution in [3.8, 4) is 10.6 Å². The summed E-state index contributed by atoms with van der Waals surface area (Å²) in [6, 6.07) is 11.5. The molecule has 28 heavy (non-hydrogen) atoms. The van der Waals surface area contributed by atoms with Crippen LogP contribution in [0.5, 0.6) is 0 Å². The minimum Gasteiger partial charge on any atom is -0.373 e. The molecule has 1 aromatic carbocycles. The molecule has 1 fully saturated rings. The van der Waals surface area contributed by atoms with Gasteiger partial charge in [0.05, 0.1) is 6.10 Å². The average molecular weight is 395 g/mol. The van der Waals surface area contributed by atoms with E-state index in [9.17, 15) is 4.79 Å². The van der Waals surface area contributed by atoms with E-state index >= 15 is 0 Å². The molecule has 2 aromatic heterocycles. The van der Waals surface area contributed by atoms with Crippen LogP contribution in [-0.2, 0) is 4.74 Å². The maximum atomic E-state index is 12.4. The van der Waals surface area contributed by atoms with E-state index < -0.39 is 0 Å². The number of anilines is 1. The topological polar surface area (TPSA) is 76.1 Å². The van der Waals surface area contributed by atoms with E-state index in [-0.39, 0.29) is 18.2 Å². The fraction of sp³-hybridized carbons (Fsp3) is 0.286. The zero-order valence-electron chi connectivity index (χ0n) is 15.6. The van der Waals surface area contributed by atoms with Gasteiger partial charge >= 0.3 is 6.03 Å². The summed E-state index contributed by atoms with van der Waals surface area (Å²) in [5, 5.41) is 8.98. The number of thiazole rings is 1. The predicted octanol–water partition coefficient (Wildman–Crippen LogP) is 4.56. The van der Waals surface area contributed by atoms with E-state index in [2.05, 4.69) is 20.6 Å². The van der Waals surface area contributed by atoms with Crippen LogP contribution in [0.3, 0.4) is 0 Å². The Bertz CT molecular complexity index is 927. The molecule has 2 N–H and O–H groups in total. The number of aromatic nitrogens is 2. The van der Waals surface area contributed by atoms with Crippen molar-refractivity contribution in [3.05, 3.63) is 65.4 Å². The zero-order chi connectivity index (χ0) is 19.3. The van der Waals surface area contributed by atoms with Crippen LogP contribution in [0.1, 0.15) is 30.2 Å². The molecule has 4 rings (SSSR count). The highest BCUT2D eigenvalue weighted by Gasteiger charge is 2.25. The van der Waals surface area contributed by atoms with E-state index in [1.54, 1.807) is 17.5 Å². The van der Waals surface area contributed by atoms with E-state index in [1.807, 2.05) is 54.9 Å². The van der Waals surface area contributed by atoms with Crippen molar-refractivity contribution in [2.45, 2.75) is 31.9 Å². The van der Waals surface area contributed by atoms with Crippen LogP contribution < -0.4 is 10.6 Å². The molecular formula is C21H22N4O2S. The number of carbonyl (C=O) groups is 1. The highest BCUT2D eigenvalue weighted by Crippen LogP contribution is 2.28. The van der Waals surface area contributed by atoms with Gasteiger partial charge in [0, 0.05) is 47.4 Å². The van der Waals surface area contributed by atoms with Crippen LogP contribution in [0.2, 0.25) is 0 Å². The van der Waals surface area contributed by atoms with Gasteiger partial charge in [-0.1, -0.05) is 6.07 Å². The van der Waals surface area contributed by atoms with E-state index in [1.165, 1.54) is 0 Å². The number of aryl methyl sites for hydroxylation is 1. The molecule has 3 heterocycles. The summed E-state index contributed by atoms with van der Waals surface area (Å²) in [6.45, 7) is 2.60. The van der Waals surface area contributed by atoms with Gasteiger partial charge in [-0.05, 0) is 55.7 Å². The second-order valence-electron chi connectivity index (χ2n) is 6.84. The summed E-state index contributed by atoms with van der Waals surface area (Å²) >= 11 is 1.62. The van der Waals surface area contributed by atoms with Crippen molar-refractivity contribution >= 4 is 23.1 Å². The molecule has 2 unspecified atom stereocenters. The first-order valence-electron chi connectivity index (χ1n) is 9.29. The Labute approximate surface area is 168 Å². The normalized spacial score (nSPS) is 19.2. The first kappa shape index (κ1) is 18.6. The lowest BCUT2D eigenvalue weighted by Gasteiger charge is -2.30. The molecule has 0 bridgehead atoms. The minimum atomic E-state index is -0.199. The van der Waals surface area contributed by atoms with Crippen molar-refractivity contribution in [2.75, 3.05) is 11.9 Å². The number of benzene rings is 1. The Kier molecular flexibility index (Phi) is 5.64. The maximum absolute atomic E-state index is 12.4. The van der Waals surface area contributed by atoms with Crippen molar-refractivity contribution in [1.29, 1.82) is 0 Å². The van der Waals surface area contributed by atoms with Gasteiger partial charge in [0.1, 0.15) is 5.01 Å². The third-order valence-corrected chi connectivity index (χ3v) is 5.69. The Morgan fingerprint density at radius 1 is 1.25 bits per heavy atom. The van der Waals surface area contributed by atoms with Crippen molar-refractivity contribution in [2.24, 2.45) is 0 Å². The Hall–Kier alpha value is -2.77. The third kappa shape index (κ3) is 4.55. The van der Waals surface area contributed by atoms with Crippen LogP contribution in [0, 0.1) is 6.92 Å². The largest absolute Gasteiger partial charge is 0.373 e. The second kappa shape index (κ2) is 8.50. The second-order valence-corrected chi connectivity index (χ2v) is 7.70. The number of ether oxygens (including phenoxy) is 1. The van der Waals surface area contributed by atoms with Crippen LogP contribution >= 0.6 is 11.3 Å². The number of urea groups is 1. The lowest BCUT2D eigenvalue weighted by atomic mass is 9.99. The summed E-state index contributed by atoms with van der Waals surface area (Å²) < 4.78 is 5.83. The lowest BCUT2D eigenvalue weighted by Crippen LogP contribution is -2.42. The van der Waals surface area contributed by atoms with Crippen molar-refractivity contribution in [3.63, 3.8) is 0 Å². The van der Waals surface area contributed by atoms with Gasteiger partial charge in [-0.3, -0.25) is 4.98 Å². The molecule has 2 amide bonds. The van der Waals surface area contributed by atoms with Crippen LogP contribution in [0.25, 0.3) is 10.6 Å². The highest BCUT2D eigenvalue weighted by atomic mass is 32.1. The monoisotopic (exact) mass is 394 g/mol. The molecule has 0 aliphatic carbocycles. The maximum Gasteiger partial charge on any atom is 0.319 e. The smallest absolute Gasteiger partial charge is 0.319 e. The quantitative estimate of drug-likeness (QED) is 0.680. The molecule has 0 radical (unpaired) electrons. The summed E-state index contributed by atoms with van der Waals surface area (Å²) in [7, 11) is 0. The molecule has 144 valence electrons. The fourth-order valence-electron chi connectivity index (χ4n) is 3.26. The molecule has 1 aliphatic rings. The number of hydrogen-bond acceptors (Lipinski definition) is 5. The molecule has 6 nitrogen and oxygen atoms in total. The first-order chi connectivity index (χ1) is 13.7. The third-order valence-electron chi connectivity index (χ3n) is 4.68. The number of rotatable bonds is 4. The van der Waals surface area contributed by atoms with Gasteiger partial charge in [0.25, 0.3) is 0 Å². The highest BCUT2D eigenvalue weighted by molar-refractivity contribution is 7.13. The summed E-state index contributed by atoms with van der Waals surface area (Å²) in [5.74, 6) is 0. The van der Waals surface area contributed by atoms with Gasteiger partial charge in [-0.2, -0.15) is 0 Å². The van der Waals surface area contributed by atoms with Crippen LogP contribution in [-0.4, -0.2) is 28.6 Å². The minimum absolute atomic E-state index is 0.0335. The fourth-order valence-corrected chi connectivity index (χ4v) is 4.07. The standard InChI is InChI=1S/C21H22N4O2S/c1-14-13-28-20(23-14)15-4-6-17(7-5-15)24-21(26)25-18-8-10-27-19(11-18)16-3-2-9-22-12-16/h2-7,9,12-13,18-19H,8,10-11H2,1H3,(H2,24,25,26). The van der Waals surface area contributed by atoms with E-state index in [4.69, 9.17) is 4.74 Å². The Morgan fingerprint density at radius 2 is 2.11 bits per heavy atom. The SMILES string of the molecule is Cc1csc(-c2ccc(NC(=O)NC3CCOC(c4cccnc4)C3)cc2)n1. The van der Waals surface area contributed by atoms with Crippen molar-refractivity contribution in [1.82, 2.24) is 15.3 Å². The van der Waals surface area contributed by atoms with Gasteiger partial charge in [-0.15, -0.1) is 11.3 Å². The molecule has 0 spiro atoms. The van der Waals surface area contributed by atoms with Gasteiger partial charge < -0.3 is 15.4 Å². The molecular weight excluding hydrogens is 372 g/mol. The summed E-state index contributed by atoms with van der Waals surface area (Å²) in [6.07, 6.45) is 5.07. The number of amides is 2. The number of hydrogen-bond donors (Lipinski definition) is 2. The first-order valence-corrected chi connectivity index (χ1v) is 10.2. The average Bonchev–Trinajstić information content (AvgIpc) is 3.16. The number of nitrogens with zero attached hydrogens (tertiary/aromatic N) is 2. The van der Waals surface area contributed by atoms with Gasteiger partial charge in [-0.25, -0.2) is 9.78 Å². The molecule has 3 aromatic rings.